The molecule has 0 spiro atoms. The molecule has 4 heteroatoms. The predicted octanol–water partition coefficient (Wildman–Crippen LogP) is 3.08. The van der Waals surface area contributed by atoms with Crippen molar-refractivity contribution in [1.29, 1.82) is 0 Å². The van der Waals surface area contributed by atoms with Gasteiger partial charge in [0.25, 0.3) is 0 Å². The first-order chi connectivity index (χ1) is 9.37. The minimum Gasteiger partial charge on any atom is -0.444 e. The van der Waals surface area contributed by atoms with Gasteiger partial charge < -0.3 is 15.4 Å². The molecule has 0 saturated heterocycles. The maximum Gasteiger partial charge on any atom is 0.407 e. The molecule has 2 N–H and O–H groups in total. The highest BCUT2D eigenvalue weighted by Crippen LogP contribution is 2.07. The first-order valence-corrected chi connectivity index (χ1v) is 7.11. The third-order valence-corrected chi connectivity index (χ3v) is 2.69. The molecule has 0 unspecified atom stereocenters. The topological polar surface area (TPSA) is 50.4 Å². The van der Waals surface area contributed by atoms with Crippen LogP contribution in [0.2, 0.25) is 0 Å². The Balaban J connectivity index is 2.14. The number of amides is 1. The molecule has 0 fully saturated rings. The van der Waals surface area contributed by atoms with Crippen LogP contribution in [0.5, 0.6) is 0 Å². The van der Waals surface area contributed by atoms with Crippen molar-refractivity contribution < 1.29 is 9.53 Å². The van der Waals surface area contributed by atoms with Crippen LogP contribution >= 0.6 is 0 Å². The van der Waals surface area contributed by atoms with Crippen molar-refractivity contribution in [3.05, 3.63) is 35.9 Å². The van der Waals surface area contributed by atoms with Gasteiger partial charge in [-0.3, -0.25) is 0 Å². The molecule has 1 amide bonds. The summed E-state index contributed by atoms with van der Waals surface area (Å²) in [5, 5.41) is 6.20. The summed E-state index contributed by atoms with van der Waals surface area (Å²) in [7, 11) is 0. The second-order valence-electron chi connectivity index (χ2n) is 6.00. The number of benzene rings is 1. The summed E-state index contributed by atoms with van der Waals surface area (Å²) in [5.74, 6) is 0. The Bertz CT molecular complexity index is 399. The Morgan fingerprint density at radius 3 is 2.50 bits per heavy atom. The maximum absolute atomic E-state index is 11.6. The molecule has 1 rings (SSSR count). The van der Waals surface area contributed by atoms with Crippen molar-refractivity contribution in [2.75, 3.05) is 6.54 Å². The van der Waals surface area contributed by atoms with Crippen LogP contribution in [0.25, 0.3) is 0 Å². The van der Waals surface area contributed by atoms with Crippen molar-refractivity contribution in [3.63, 3.8) is 0 Å². The van der Waals surface area contributed by atoms with Crippen LogP contribution in [0.4, 0.5) is 4.79 Å². The second-order valence-corrected chi connectivity index (χ2v) is 6.00. The van der Waals surface area contributed by atoms with Crippen molar-refractivity contribution in [2.24, 2.45) is 0 Å². The van der Waals surface area contributed by atoms with E-state index in [9.17, 15) is 4.79 Å². The molecule has 1 atom stereocenters. The molecule has 0 aliphatic rings. The van der Waals surface area contributed by atoms with Crippen LogP contribution in [0, 0.1) is 0 Å². The standard InChI is InChI=1S/C16H26N2O2/c1-13(18-15(19)20-16(2,3)4)10-11-17-12-14-8-6-5-7-9-14/h5-9,13,17H,10-12H2,1-4H3,(H,18,19)/t13-/m1/s1. The molecule has 0 aliphatic heterocycles. The van der Waals surface area contributed by atoms with Gasteiger partial charge in [0.15, 0.2) is 0 Å². The highest BCUT2D eigenvalue weighted by atomic mass is 16.6. The summed E-state index contributed by atoms with van der Waals surface area (Å²) in [4.78, 5) is 11.6. The highest BCUT2D eigenvalue weighted by molar-refractivity contribution is 5.67. The molecule has 20 heavy (non-hydrogen) atoms. The molecule has 0 bridgehead atoms. The van der Waals surface area contributed by atoms with E-state index in [-0.39, 0.29) is 12.1 Å². The van der Waals surface area contributed by atoms with E-state index in [0.29, 0.717) is 0 Å². The first-order valence-electron chi connectivity index (χ1n) is 7.11. The van der Waals surface area contributed by atoms with Crippen molar-refractivity contribution in [2.45, 2.75) is 52.3 Å². The largest absolute Gasteiger partial charge is 0.444 e. The van der Waals surface area contributed by atoms with E-state index in [1.54, 1.807) is 0 Å². The highest BCUT2D eigenvalue weighted by Gasteiger charge is 2.17. The zero-order valence-electron chi connectivity index (χ0n) is 12.9. The maximum atomic E-state index is 11.6. The smallest absolute Gasteiger partial charge is 0.407 e. The van der Waals surface area contributed by atoms with Crippen LogP contribution in [0.15, 0.2) is 30.3 Å². The van der Waals surface area contributed by atoms with E-state index in [4.69, 9.17) is 4.74 Å². The first kappa shape index (κ1) is 16.5. The number of nitrogens with one attached hydrogen (secondary N) is 2. The third-order valence-electron chi connectivity index (χ3n) is 2.69. The molecule has 1 aromatic rings. The lowest BCUT2D eigenvalue weighted by atomic mass is 10.2. The molecule has 1 aromatic carbocycles. The molecule has 0 heterocycles. The lowest BCUT2D eigenvalue weighted by Crippen LogP contribution is -2.38. The molecular weight excluding hydrogens is 252 g/mol. The summed E-state index contributed by atoms with van der Waals surface area (Å²) >= 11 is 0. The van der Waals surface area contributed by atoms with Crippen molar-refractivity contribution >= 4 is 6.09 Å². The van der Waals surface area contributed by atoms with Crippen LogP contribution in [-0.4, -0.2) is 24.3 Å². The molecule has 4 nitrogen and oxygen atoms in total. The Morgan fingerprint density at radius 2 is 1.90 bits per heavy atom. The third kappa shape index (κ3) is 7.79. The lowest BCUT2D eigenvalue weighted by molar-refractivity contribution is 0.0506. The zero-order chi connectivity index (χ0) is 15.0. The fourth-order valence-corrected chi connectivity index (χ4v) is 1.73. The van der Waals surface area contributed by atoms with Gasteiger partial charge in [-0.25, -0.2) is 4.79 Å². The van der Waals surface area contributed by atoms with Crippen molar-refractivity contribution in [3.8, 4) is 0 Å². The van der Waals surface area contributed by atoms with Crippen LogP contribution in [0.3, 0.4) is 0 Å². The number of carbonyl (C=O) groups excluding carboxylic acids is 1. The Labute approximate surface area is 121 Å². The van der Waals surface area contributed by atoms with Crippen molar-refractivity contribution in [1.82, 2.24) is 10.6 Å². The van der Waals surface area contributed by atoms with E-state index < -0.39 is 5.60 Å². The summed E-state index contributed by atoms with van der Waals surface area (Å²) < 4.78 is 5.21. The van der Waals surface area contributed by atoms with Gasteiger partial charge in [0.2, 0.25) is 0 Å². The normalized spacial score (nSPS) is 12.8. The summed E-state index contributed by atoms with van der Waals surface area (Å²) in [5.41, 5.74) is 0.815. The van der Waals surface area contributed by atoms with E-state index in [1.165, 1.54) is 5.56 Å². The van der Waals surface area contributed by atoms with Gasteiger partial charge in [0, 0.05) is 12.6 Å². The summed E-state index contributed by atoms with van der Waals surface area (Å²) in [6.07, 6.45) is 0.513. The van der Waals surface area contributed by atoms with Gasteiger partial charge in [-0.1, -0.05) is 30.3 Å². The fourth-order valence-electron chi connectivity index (χ4n) is 1.73. The fraction of sp³-hybridized carbons (Fsp3) is 0.562. The van der Waals surface area contributed by atoms with Gasteiger partial charge in [-0.05, 0) is 46.2 Å². The quantitative estimate of drug-likeness (QED) is 0.786. The average molecular weight is 278 g/mol. The molecule has 0 aliphatic carbocycles. The van der Waals surface area contributed by atoms with Gasteiger partial charge >= 0.3 is 6.09 Å². The molecule has 0 saturated carbocycles. The number of carbonyl (C=O) groups is 1. The van der Waals surface area contributed by atoms with E-state index >= 15 is 0 Å². The predicted molar refractivity (Wildman–Crippen MR) is 81.6 cm³/mol. The van der Waals surface area contributed by atoms with Gasteiger partial charge in [0.1, 0.15) is 5.60 Å². The van der Waals surface area contributed by atoms with E-state index in [2.05, 4.69) is 22.8 Å². The minimum absolute atomic E-state index is 0.0909. The number of ether oxygens (including phenoxy) is 1. The number of rotatable bonds is 6. The summed E-state index contributed by atoms with van der Waals surface area (Å²) in [6.45, 7) is 9.26. The Morgan fingerprint density at radius 1 is 1.25 bits per heavy atom. The van der Waals surface area contributed by atoms with Gasteiger partial charge in [0.05, 0.1) is 0 Å². The number of hydrogen-bond acceptors (Lipinski definition) is 3. The van der Waals surface area contributed by atoms with Gasteiger partial charge in [-0.2, -0.15) is 0 Å². The number of alkyl carbamates (subject to hydrolysis) is 1. The molecule has 0 radical (unpaired) electrons. The zero-order valence-corrected chi connectivity index (χ0v) is 12.9. The molecular formula is C16H26N2O2. The Kier molecular flexibility index (Phi) is 6.52. The Hall–Kier alpha value is -1.55. The molecule has 0 aromatic heterocycles. The second kappa shape index (κ2) is 7.90. The summed E-state index contributed by atoms with van der Waals surface area (Å²) in [6, 6.07) is 10.3. The average Bonchev–Trinajstić information content (AvgIpc) is 2.33. The monoisotopic (exact) mass is 278 g/mol. The van der Waals surface area contributed by atoms with Crippen LogP contribution in [0.1, 0.15) is 39.7 Å². The van der Waals surface area contributed by atoms with E-state index in [0.717, 1.165) is 19.5 Å². The van der Waals surface area contributed by atoms with E-state index in [1.807, 2.05) is 45.9 Å². The van der Waals surface area contributed by atoms with Crippen LogP contribution in [-0.2, 0) is 11.3 Å². The minimum atomic E-state index is -0.449. The van der Waals surface area contributed by atoms with Gasteiger partial charge in [-0.15, -0.1) is 0 Å². The van der Waals surface area contributed by atoms with Crippen LogP contribution < -0.4 is 10.6 Å². The number of hydrogen-bond donors (Lipinski definition) is 2. The molecule has 112 valence electrons. The SMILES string of the molecule is C[C@H](CCNCc1ccccc1)NC(=O)OC(C)(C)C. The lowest BCUT2D eigenvalue weighted by Gasteiger charge is -2.22.